The Morgan fingerprint density at radius 1 is 1.19 bits per heavy atom. The second-order valence-corrected chi connectivity index (χ2v) is 5.76. The van der Waals surface area contributed by atoms with Crippen LogP contribution in [0.2, 0.25) is 0 Å². The molecule has 2 aliphatic rings. The fourth-order valence-corrected chi connectivity index (χ4v) is 3.01. The van der Waals surface area contributed by atoms with Gasteiger partial charge >= 0.3 is 0 Å². The van der Waals surface area contributed by atoms with E-state index in [0.29, 0.717) is 12.4 Å². The van der Waals surface area contributed by atoms with Gasteiger partial charge in [-0.05, 0) is 24.5 Å². The number of aromatic amines is 1. The number of amides is 1. The quantitative estimate of drug-likeness (QED) is 0.886. The average molecular weight is 290 g/mol. The van der Waals surface area contributed by atoms with Gasteiger partial charge in [0.25, 0.3) is 0 Å². The molecule has 0 unspecified atom stereocenters. The van der Waals surface area contributed by atoms with Gasteiger partial charge in [0.05, 0.1) is 6.54 Å². The Labute approximate surface area is 124 Å². The lowest BCUT2D eigenvalue weighted by Gasteiger charge is -2.28. The van der Waals surface area contributed by atoms with Crippen LogP contribution in [0, 0.1) is 0 Å². The highest BCUT2D eigenvalue weighted by molar-refractivity contribution is 5.78. The fraction of sp³-hybridized carbons (Fsp3) is 0.714. The van der Waals surface area contributed by atoms with Gasteiger partial charge in [-0.1, -0.05) is 18.9 Å². The molecule has 1 aromatic rings. The molecule has 3 rings (SSSR count). The topological polar surface area (TPSA) is 78.0 Å². The van der Waals surface area contributed by atoms with Crippen molar-refractivity contribution in [3.8, 4) is 0 Å². The van der Waals surface area contributed by atoms with Gasteiger partial charge < -0.3 is 4.90 Å². The van der Waals surface area contributed by atoms with E-state index in [-0.39, 0.29) is 5.91 Å². The lowest BCUT2D eigenvalue weighted by atomic mass is 10.1. The van der Waals surface area contributed by atoms with E-state index >= 15 is 0 Å². The zero-order valence-corrected chi connectivity index (χ0v) is 12.3. The molecular weight excluding hydrogens is 268 g/mol. The molecule has 0 aliphatic carbocycles. The first-order valence-corrected chi connectivity index (χ1v) is 7.76. The summed E-state index contributed by atoms with van der Waals surface area (Å²) in [5, 5.41) is 14.1. The molecule has 0 radical (unpaired) electrons. The van der Waals surface area contributed by atoms with Crippen molar-refractivity contribution < 1.29 is 4.79 Å². The Morgan fingerprint density at radius 3 is 2.71 bits per heavy atom. The van der Waals surface area contributed by atoms with Crippen LogP contribution in [0.3, 0.4) is 0 Å². The average Bonchev–Trinajstić information content (AvgIpc) is 2.90. The van der Waals surface area contributed by atoms with Crippen molar-refractivity contribution in [3.05, 3.63) is 11.9 Å². The minimum Gasteiger partial charge on any atom is -0.342 e. The van der Waals surface area contributed by atoms with Gasteiger partial charge in [0, 0.05) is 31.8 Å². The summed E-state index contributed by atoms with van der Waals surface area (Å²) in [6.45, 7) is 3.97. The summed E-state index contributed by atoms with van der Waals surface area (Å²) < 4.78 is 0. The maximum absolute atomic E-state index is 12.4. The van der Waals surface area contributed by atoms with Gasteiger partial charge in [-0.3, -0.25) is 9.69 Å². The van der Waals surface area contributed by atoms with Crippen molar-refractivity contribution in [1.29, 1.82) is 0 Å². The van der Waals surface area contributed by atoms with Crippen molar-refractivity contribution in [2.24, 2.45) is 0 Å². The molecule has 7 nitrogen and oxygen atoms in total. The summed E-state index contributed by atoms with van der Waals surface area (Å²) >= 11 is 0. The number of carbonyl (C=O) groups is 1. The van der Waals surface area contributed by atoms with Crippen molar-refractivity contribution in [2.45, 2.75) is 32.1 Å². The van der Waals surface area contributed by atoms with Gasteiger partial charge in [0.15, 0.2) is 0 Å². The summed E-state index contributed by atoms with van der Waals surface area (Å²) in [6.07, 6.45) is 7.84. The highest BCUT2D eigenvalue weighted by Crippen LogP contribution is 2.17. The third-order valence-electron chi connectivity index (χ3n) is 4.18. The van der Waals surface area contributed by atoms with Gasteiger partial charge in [0.1, 0.15) is 0 Å². The molecule has 1 fully saturated rings. The minimum atomic E-state index is 0.256. The summed E-state index contributed by atoms with van der Waals surface area (Å²) in [5.41, 5.74) is 1.05. The smallest absolute Gasteiger partial charge is 0.236 e. The molecule has 0 atom stereocenters. The molecular formula is C14H22N6O. The molecule has 1 N–H and O–H groups in total. The normalized spacial score (nSPS) is 21.0. The monoisotopic (exact) mass is 290 g/mol. The number of rotatable bonds is 3. The Morgan fingerprint density at radius 2 is 2.00 bits per heavy atom. The number of hydrogen-bond donors (Lipinski definition) is 1. The molecule has 0 aromatic carbocycles. The zero-order valence-electron chi connectivity index (χ0n) is 12.3. The molecule has 1 amide bonds. The summed E-state index contributed by atoms with van der Waals surface area (Å²) in [7, 11) is 0. The van der Waals surface area contributed by atoms with Crippen molar-refractivity contribution in [2.75, 3.05) is 32.7 Å². The molecule has 3 heterocycles. The SMILES string of the molecule is O=C(CN1CCC=C(c2nn[nH]n2)C1)N1CCCCCC1. The van der Waals surface area contributed by atoms with E-state index in [2.05, 4.69) is 31.6 Å². The summed E-state index contributed by atoms with van der Waals surface area (Å²) in [6, 6.07) is 0. The van der Waals surface area contributed by atoms with E-state index in [1.165, 1.54) is 12.8 Å². The molecule has 0 bridgehead atoms. The Kier molecular flexibility index (Phi) is 4.59. The molecule has 114 valence electrons. The molecule has 1 aromatic heterocycles. The van der Waals surface area contributed by atoms with E-state index in [0.717, 1.165) is 51.0 Å². The van der Waals surface area contributed by atoms with Crippen molar-refractivity contribution in [1.82, 2.24) is 30.4 Å². The highest BCUT2D eigenvalue weighted by Gasteiger charge is 2.22. The first-order valence-electron chi connectivity index (χ1n) is 7.76. The standard InChI is InChI=1S/C14H22N6O/c21-13(20-8-3-1-2-4-9-20)11-19-7-5-6-12(10-19)14-15-17-18-16-14/h6H,1-5,7-11H2,(H,15,16,17,18). The largest absolute Gasteiger partial charge is 0.342 e. The number of carbonyl (C=O) groups excluding carboxylic acids is 1. The van der Waals surface area contributed by atoms with Crippen LogP contribution < -0.4 is 0 Å². The Bertz CT molecular complexity index is 490. The fourth-order valence-electron chi connectivity index (χ4n) is 3.01. The van der Waals surface area contributed by atoms with Crippen LogP contribution >= 0.6 is 0 Å². The third-order valence-corrected chi connectivity index (χ3v) is 4.18. The van der Waals surface area contributed by atoms with E-state index in [1.807, 2.05) is 4.90 Å². The molecule has 0 spiro atoms. The van der Waals surface area contributed by atoms with Crippen molar-refractivity contribution >= 4 is 11.5 Å². The number of nitrogens with one attached hydrogen (secondary N) is 1. The maximum Gasteiger partial charge on any atom is 0.236 e. The van der Waals surface area contributed by atoms with Gasteiger partial charge in [-0.15, -0.1) is 10.2 Å². The number of likely N-dealkylation sites (tertiary alicyclic amines) is 1. The van der Waals surface area contributed by atoms with Gasteiger partial charge in [0.2, 0.25) is 11.7 Å². The first-order chi connectivity index (χ1) is 10.3. The lowest BCUT2D eigenvalue weighted by molar-refractivity contribution is -0.132. The molecule has 2 aliphatic heterocycles. The highest BCUT2D eigenvalue weighted by atomic mass is 16.2. The molecule has 1 saturated heterocycles. The van der Waals surface area contributed by atoms with Crippen LogP contribution in [-0.4, -0.2) is 69.1 Å². The van der Waals surface area contributed by atoms with E-state index in [9.17, 15) is 4.79 Å². The predicted octanol–water partition coefficient (Wildman–Crippen LogP) is 0.691. The number of tetrazole rings is 1. The predicted molar refractivity (Wildman–Crippen MR) is 78.3 cm³/mol. The third kappa shape index (κ3) is 3.66. The molecule has 7 heteroatoms. The number of hydrogen-bond acceptors (Lipinski definition) is 5. The van der Waals surface area contributed by atoms with Crippen LogP contribution in [0.1, 0.15) is 37.9 Å². The van der Waals surface area contributed by atoms with E-state index < -0.39 is 0 Å². The first kappa shape index (κ1) is 14.2. The van der Waals surface area contributed by atoms with Crippen LogP contribution in [0.5, 0.6) is 0 Å². The van der Waals surface area contributed by atoms with Crippen LogP contribution in [0.4, 0.5) is 0 Å². The van der Waals surface area contributed by atoms with Crippen molar-refractivity contribution in [3.63, 3.8) is 0 Å². The van der Waals surface area contributed by atoms with Crippen LogP contribution in [0.25, 0.3) is 5.57 Å². The molecule has 0 saturated carbocycles. The lowest BCUT2D eigenvalue weighted by Crippen LogP contribution is -2.42. The second kappa shape index (κ2) is 6.80. The Balaban J connectivity index is 1.55. The second-order valence-electron chi connectivity index (χ2n) is 5.76. The van der Waals surface area contributed by atoms with Gasteiger partial charge in [-0.2, -0.15) is 5.21 Å². The van der Waals surface area contributed by atoms with Crippen LogP contribution in [-0.2, 0) is 4.79 Å². The maximum atomic E-state index is 12.4. The van der Waals surface area contributed by atoms with Crippen LogP contribution in [0.15, 0.2) is 6.08 Å². The van der Waals surface area contributed by atoms with E-state index in [4.69, 9.17) is 0 Å². The number of nitrogens with zero attached hydrogens (tertiary/aromatic N) is 5. The zero-order chi connectivity index (χ0) is 14.5. The molecule has 21 heavy (non-hydrogen) atoms. The Hall–Kier alpha value is -1.76. The minimum absolute atomic E-state index is 0.256. The summed E-state index contributed by atoms with van der Waals surface area (Å²) in [5.74, 6) is 0.896. The van der Waals surface area contributed by atoms with Gasteiger partial charge in [-0.25, -0.2) is 0 Å². The number of H-pyrrole nitrogens is 1. The van der Waals surface area contributed by atoms with E-state index in [1.54, 1.807) is 0 Å². The summed E-state index contributed by atoms with van der Waals surface area (Å²) in [4.78, 5) is 16.6. The number of aromatic nitrogens is 4.